The van der Waals surface area contributed by atoms with Crippen molar-refractivity contribution in [3.8, 4) is 0 Å². The fourth-order valence-corrected chi connectivity index (χ4v) is 3.13. The Labute approximate surface area is 145 Å². The number of carbonyl (C=O) groups excluding carboxylic acids is 2. The quantitative estimate of drug-likeness (QED) is 0.873. The van der Waals surface area contributed by atoms with Crippen LogP contribution in [0.2, 0.25) is 0 Å². The summed E-state index contributed by atoms with van der Waals surface area (Å²) in [6, 6.07) is 7.37. The molecule has 1 saturated heterocycles. The van der Waals surface area contributed by atoms with Crippen molar-refractivity contribution < 1.29 is 9.59 Å². The lowest BCUT2D eigenvalue weighted by atomic mass is 10.2. The third-order valence-corrected chi connectivity index (χ3v) is 5.12. The van der Waals surface area contributed by atoms with Crippen LogP contribution >= 0.6 is 15.9 Å². The number of rotatable bonds is 4. The van der Waals surface area contributed by atoms with Crippen molar-refractivity contribution in [3.05, 3.63) is 28.7 Å². The normalized spacial score (nSPS) is 20.2. The van der Waals surface area contributed by atoms with Gasteiger partial charge in [-0.15, -0.1) is 0 Å². The fourth-order valence-electron chi connectivity index (χ4n) is 2.86. The lowest BCUT2D eigenvalue weighted by molar-refractivity contribution is -0.135. The second-order valence-corrected chi connectivity index (χ2v) is 7.22. The molecule has 6 heteroatoms. The van der Waals surface area contributed by atoms with Gasteiger partial charge in [-0.05, 0) is 44.0 Å². The van der Waals surface area contributed by atoms with Crippen LogP contribution in [-0.2, 0) is 9.59 Å². The highest BCUT2D eigenvalue weighted by Crippen LogP contribution is 2.31. The molecule has 1 N–H and O–H groups in total. The summed E-state index contributed by atoms with van der Waals surface area (Å²) >= 11 is 3.38. The molecule has 23 heavy (non-hydrogen) atoms. The van der Waals surface area contributed by atoms with Gasteiger partial charge in [-0.25, -0.2) is 0 Å². The van der Waals surface area contributed by atoms with Gasteiger partial charge in [0.1, 0.15) is 0 Å². The summed E-state index contributed by atoms with van der Waals surface area (Å²) in [6.07, 6.45) is 2.09. The molecular weight excluding hydrogens is 358 g/mol. The van der Waals surface area contributed by atoms with E-state index < -0.39 is 0 Å². The molecule has 2 amide bonds. The van der Waals surface area contributed by atoms with Gasteiger partial charge in [0.05, 0.1) is 6.04 Å². The molecule has 0 spiro atoms. The summed E-state index contributed by atoms with van der Waals surface area (Å²) in [7, 11) is 0. The second-order valence-electron chi connectivity index (χ2n) is 6.31. The molecule has 1 atom stereocenters. The molecule has 3 rings (SSSR count). The molecule has 2 fully saturated rings. The minimum atomic E-state index is -0.197. The molecule has 1 saturated carbocycles. The lowest BCUT2D eigenvalue weighted by Crippen LogP contribution is -2.54. The summed E-state index contributed by atoms with van der Waals surface area (Å²) in [6.45, 7) is 4.89. The van der Waals surface area contributed by atoms with Crippen LogP contribution in [0, 0.1) is 5.92 Å². The van der Waals surface area contributed by atoms with Gasteiger partial charge in [0.2, 0.25) is 11.8 Å². The standard InChI is InChI=1S/C17H22BrN3O2/c1-12(16(22)19-15-6-4-14(18)5-7-15)20-8-10-21(11-9-20)17(23)13-2-3-13/h4-7,12-13H,2-3,8-11H2,1H3,(H,19,22)/t12-/m1/s1. The largest absolute Gasteiger partial charge is 0.340 e. The van der Waals surface area contributed by atoms with Gasteiger partial charge in [0.25, 0.3) is 0 Å². The Morgan fingerprint density at radius 3 is 2.30 bits per heavy atom. The average molecular weight is 380 g/mol. The van der Waals surface area contributed by atoms with Crippen LogP contribution in [0.5, 0.6) is 0 Å². The highest BCUT2D eigenvalue weighted by molar-refractivity contribution is 9.10. The Morgan fingerprint density at radius 1 is 1.13 bits per heavy atom. The van der Waals surface area contributed by atoms with Crippen LogP contribution in [0.15, 0.2) is 28.7 Å². The Hall–Kier alpha value is -1.40. The van der Waals surface area contributed by atoms with Gasteiger partial charge in [-0.3, -0.25) is 14.5 Å². The van der Waals surface area contributed by atoms with E-state index in [4.69, 9.17) is 0 Å². The van der Waals surface area contributed by atoms with E-state index >= 15 is 0 Å². The zero-order valence-electron chi connectivity index (χ0n) is 13.3. The zero-order chi connectivity index (χ0) is 16.4. The van der Waals surface area contributed by atoms with Crippen molar-refractivity contribution in [2.24, 2.45) is 5.92 Å². The molecule has 0 radical (unpaired) electrons. The number of nitrogens with one attached hydrogen (secondary N) is 1. The van der Waals surface area contributed by atoms with E-state index in [1.807, 2.05) is 36.1 Å². The SMILES string of the molecule is C[C@H](C(=O)Nc1ccc(Br)cc1)N1CCN(C(=O)C2CC2)CC1. The van der Waals surface area contributed by atoms with Crippen molar-refractivity contribution >= 4 is 33.4 Å². The van der Waals surface area contributed by atoms with Crippen molar-refractivity contribution in [2.75, 3.05) is 31.5 Å². The molecule has 124 valence electrons. The minimum absolute atomic E-state index is 0.00529. The molecule has 1 heterocycles. The molecule has 5 nitrogen and oxygen atoms in total. The zero-order valence-corrected chi connectivity index (χ0v) is 14.9. The van der Waals surface area contributed by atoms with Crippen molar-refractivity contribution in [3.63, 3.8) is 0 Å². The average Bonchev–Trinajstić information content (AvgIpc) is 3.41. The number of piperazine rings is 1. The van der Waals surface area contributed by atoms with Crippen LogP contribution in [0.4, 0.5) is 5.69 Å². The molecule has 1 aliphatic carbocycles. The monoisotopic (exact) mass is 379 g/mol. The van der Waals surface area contributed by atoms with Crippen LogP contribution in [0.1, 0.15) is 19.8 Å². The van der Waals surface area contributed by atoms with E-state index in [1.165, 1.54) is 0 Å². The number of amides is 2. The lowest BCUT2D eigenvalue weighted by Gasteiger charge is -2.37. The van der Waals surface area contributed by atoms with Gasteiger partial charge >= 0.3 is 0 Å². The predicted molar refractivity (Wildman–Crippen MR) is 93.1 cm³/mol. The molecule has 1 aromatic carbocycles. The molecule has 0 aromatic heterocycles. The highest BCUT2D eigenvalue weighted by atomic mass is 79.9. The Morgan fingerprint density at radius 2 is 1.74 bits per heavy atom. The Kier molecular flexibility index (Phi) is 5.02. The summed E-state index contributed by atoms with van der Waals surface area (Å²) in [5.41, 5.74) is 0.799. The molecule has 0 unspecified atom stereocenters. The van der Waals surface area contributed by atoms with Gasteiger partial charge in [0, 0.05) is 42.3 Å². The first-order valence-electron chi connectivity index (χ1n) is 8.14. The van der Waals surface area contributed by atoms with Crippen LogP contribution < -0.4 is 5.32 Å². The number of hydrogen-bond donors (Lipinski definition) is 1. The van der Waals surface area contributed by atoms with Crippen molar-refractivity contribution in [1.29, 1.82) is 0 Å². The molecular formula is C17H22BrN3O2. The minimum Gasteiger partial charge on any atom is -0.340 e. The number of halogens is 1. The van der Waals surface area contributed by atoms with Crippen molar-refractivity contribution in [2.45, 2.75) is 25.8 Å². The number of hydrogen-bond acceptors (Lipinski definition) is 3. The number of benzene rings is 1. The van der Waals surface area contributed by atoms with E-state index in [0.29, 0.717) is 5.91 Å². The summed E-state index contributed by atoms with van der Waals surface area (Å²) in [4.78, 5) is 28.5. The first-order chi connectivity index (χ1) is 11.0. The molecule has 1 aromatic rings. The summed E-state index contributed by atoms with van der Waals surface area (Å²) < 4.78 is 0.986. The molecule has 1 aliphatic heterocycles. The molecule has 0 bridgehead atoms. The third kappa shape index (κ3) is 4.12. The van der Waals surface area contributed by atoms with E-state index in [9.17, 15) is 9.59 Å². The second kappa shape index (κ2) is 7.01. The van der Waals surface area contributed by atoms with Crippen LogP contribution in [0.3, 0.4) is 0 Å². The maximum Gasteiger partial charge on any atom is 0.241 e. The maximum absolute atomic E-state index is 12.4. The predicted octanol–water partition coefficient (Wildman–Crippen LogP) is 2.33. The number of carbonyl (C=O) groups is 2. The molecule has 2 aliphatic rings. The first kappa shape index (κ1) is 16.5. The number of nitrogens with zero attached hydrogens (tertiary/aromatic N) is 2. The maximum atomic E-state index is 12.4. The summed E-state index contributed by atoms with van der Waals surface area (Å²) in [5.74, 6) is 0.575. The van der Waals surface area contributed by atoms with E-state index in [2.05, 4.69) is 26.1 Å². The van der Waals surface area contributed by atoms with Crippen LogP contribution in [0.25, 0.3) is 0 Å². The van der Waals surface area contributed by atoms with E-state index in [0.717, 1.165) is 49.2 Å². The van der Waals surface area contributed by atoms with Crippen LogP contribution in [-0.4, -0.2) is 53.8 Å². The highest BCUT2D eigenvalue weighted by Gasteiger charge is 2.35. The Bertz CT molecular complexity index is 578. The van der Waals surface area contributed by atoms with E-state index in [-0.39, 0.29) is 17.9 Å². The Balaban J connectivity index is 1.50. The first-order valence-corrected chi connectivity index (χ1v) is 8.93. The third-order valence-electron chi connectivity index (χ3n) is 4.59. The fraction of sp³-hybridized carbons (Fsp3) is 0.529. The summed E-state index contributed by atoms with van der Waals surface area (Å²) in [5, 5.41) is 2.95. The smallest absolute Gasteiger partial charge is 0.241 e. The van der Waals surface area contributed by atoms with Gasteiger partial charge < -0.3 is 10.2 Å². The van der Waals surface area contributed by atoms with Gasteiger partial charge in [0.15, 0.2) is 0 Å². The van der Waals surface area contributed by atoms with E-state index in [1.54, 1.807) is 0 Å². The van der Waals surface area contributed by atoms with Gasteiger partial charge in [-0.2, -0.15) is 0 Å². The topological polar surface area (TPSA) is 52.7 Å². The van der Waals surface area contributed by atoms with Gasteiger partial charge in [-0.1, -0.05) is 15.9 Å². The number of anilines is 1. The van der Waals surface area contributed by atoms with Crippen molar-refractivity contribution in [1.82, 2.24) is 9.80 Å².